The van der Waals surface area contributed by atoms with E-state index in [1.54, 1.807) is 30.3 Å². The molecule has 1 atom stereocenters. The number of aromatic nitrogens is 2. The van der Waals surface area contributed by atoms with E-state index in [1.165, 1.54) is 4.90 Å². The summed E-state index contributed by atoms with van der Waals surface area (Å²) in [5.41, 5.74) is 1.98. The Morgan fingerprint density at radius 1 is 1.00 bits per heavy atom. The van der Waals surface area contributed by atoms with E-state index in [9.17, 15) is 14.7 Å². The molecule has 3 aromatic carbocycles. The van der Waals surface area contributed by atoms with Gasteiger partial charge in [0.2, 0.25) is 6.33 Å². The first-order valence-corrected chi connectivity index (χ1v) is 14.7. The lowest BCUT2D eigenvalue weighted by Gasteiger charge is -2.26. The van der Waals surface area contributed by atoms with E-state index in [-0.39, 0.29) is 11.3 Å². The largest absolute Gasteiger partial charge is 0.507 e. The van der Waals surface area contributed by atoms with Crippen molar-refractivity contribution in [1.82, 2.24) is 9.88 Å². The second-order valence-corrected chi connectivity index (χ2v) is 10.5. The number of likely N-dealkylation sites (tertiary alicyclic amines) is 1. The van der Waals surface area contributed by atoms with E-state index in [0.717, 1.165) is 5.56 Å². The third-order valence-electron chi connectivity index (χ3n) is 7.59. The number of ether oxygens (including phenoxy) is 4. The van der Waals surface area contributed by atoms with Crippen LogP contribution in [0.5, 0.6) is 23.0 Å². The van der Waals surface area contributed by atoms with Crippen LogP contribution < -0.4 is 23.5 Å². The maximum Gasteiger partial charge on any atom is 0.295 e. The molecule has 1 saturated heterocycles. The number of nitrogens with zero attached hydrogens (tertiary/aromatic N) is 2. The molecule has 0 aliphatic carbocycles. The molecule has 226 valence electrons. The summed E-state index contributed by atoms with van der Waals surface area (Å²) in [6.45, 7) is 4.34. The highest BCUT2D eigenvalue weighted by molar-refractivity contribution is 6.46. The Morgan fingerprint density at radius 2 is 1.82 bits per heavy atom. The quantitative estimate of drug-likeness (QED) is 0.113. The maximum atomic E-state index is 13.6. The molecular formula is C34H34N3O7+. The summed E-state index contributed by atoms with van der Waals surface area (Å²) in [7, 11) is 0. The van der Waals surface area contributed by atoms with Crippen LogP contribution in [-0.4, -0.2) is 53.0 Å². The molecule has 44 heavy (non-hydrogen) atoms. The van der Waals surface area contributed by atoms with Gasteiger partial charge in [-0.05, 0) is 48.4 Å². The minimum atomic E-state index is -0.846. The second-order valence-electron chi connectivity index (χ2n) is 10.5. The van der Waals surface area contributed by atoms with Gasteiger partial charge in [0.25, 0.3) is 11.7 Å². The minimum absolute atomic E-state index is 0.00128. The normalized spacial score (nSPS) is 17.1. The average Bonchev–Trinajstić information content (AvgIpc) is 3.66. The van der Waals surface area contributed by atoms with Crippen molar-refractivity contribution < 1.29 is 38.2 Å². The molecule has 1 amide bonds. The zero-order chi connectivity index (χ0) is 30.5. The Hall–Kier alpha value is -5.25. The number of fused-ring (bicyclic) bond motifs is 1. The summed E-state index contributed by atoms with van der Waals surface area (Å²) in [4.78, 5) is 31.6. The number of benzene rings is 3. The van der Waals surface area contributed by atoms with Gasteiger partial charge in [0.1, 0.15) is 38.0 Å². The molecule has 10 nitrogen and oxygen atoms in total. The summed E-state index contributed by atoms with van der Waals surface area (Å²) in [6, 6.07) is 19.3. The van der Waals surface area contributed by atoms with Crippen molar-refractivity contribution in [1.29, 1.82) is 0 Å². The van der Waals surface area contributed by atoms with E-state index in [4.69, 9.17) is 18.9 Å². The number of rotatable bonds is 11. The summed E-state index contributed by atoms with van der Waals surface area (Å²) < 4.78 is 25.3. The Balaban J connectivity index is 1.37. The zero-order valence-corrected chi connectivity index (χ0v) is 24.4. The number of Topliss-reactive ketones (excluding diaryl/α,β-unsaturated/α-hetero) is 1. The first kappa shape index (κ1) is 28.9. The number of hydrogen-bond donors (Lipinski definition) is 2. The Labute approximate surface area is 255 Å². The van der Waals surface area contributed by atoms with E-state index in [1.807, 2.05) is 66.6 Å². The number of carbonyl (C=O) groups excluding carboxylic acids is 2. The number of carbonyl (C=O) groups is 2. The zero-order valence-electron chi connectivity index (χ0n) is 24.4. The highest BCUT2D eigenvalue weighted by Crippen LogP contribution is 2.43. The Bertz CT molecular complexity index is 1670. The molecule has 2 aliphatic heterocycles. The molecule has 0 spiro atoms. The first-order chi connectivity index (χ1) is 21.5. The van der Waals surface area contributed by atoms with Gasteiger partial charge in [-0.25, -0.2) is 4.57 Å². The Morgan fingerprint density at radius 3 is 2.59 bits per heavy atom. The number of aliphatic hydroxyl groups excluding tert-OH is 1. The molecule has 6 rings (SSSR count). The predicted molar refractivity (Wildman–Crippen MR) is 160 cm³/mol. The number of aliphatic hydroxyl groups is 1. The average molecular weight is 597 g/mol. The summed E-state index contributed by atoms with van der Waals surface area (Å²) in [5.74, 6) is 0.332. The number of H-pyrrole nitrogens is 1. The molecule has 2 N–H and O–H groups in total. The molecular weight excluding hydrogens is 562 g/mol. The van der Waals surface area contributed by atoms with Gasteiger partial charge in [-0.3, -0.25) is 14.6 Å². The number of imidazole rings is 1. The lowest BCUT2D eigenvalue weighted by Crippen LogP contribution is -2.36. The first-order valence-electron chi connectivity index (χ1n) is 14.7. The van der Waals surface area contributed by atoms with Crippen LogP contribution in [0.15, 0.2) is 91.0 Å². The molecule has 3 heterocycles. The van der Waals surface area contributed by atoms with Gasteiger partial charge >= 0.3 is 0 Å². The van der Waals surface area contributed by atoms with Crippen LogP contribution in [0.4, 0.5) is 0 Å². The fourth-order valence-electron chi connectivity index (χ4n) is 5.50. The van der Waals surface area contributed by atoms with E-state index in [0.29, 0.717) is 80.1 Å². The number of hydrogen-bond acceptors (Lipinski definition) is 7. The van der Waals surface area contributed by atoms with Gasteiger partial charge in [-0.1, -0.05) is 36.4 Å². The van der Waals surface area contributed by atoms with Gasteiger partial charge in [-0.15, -0.1) is 0 Å². The standard InChI is InChI=1S/C34H33N3O7/c1-2-41-28-19-24(9-11-27(28)44-21-23-7-4-3-5-8-23)31-30(32(38)25-10-12-26-29(20-25)43-18-17-42-26)33(39)34(40)37(31)15-6-14-36-16-13-35-22-36/h3-5,7-13,16,19-20,22,31H,2,6,14-15,17-18,21H2,1H3,(H,38,39)/p+1. The van der Waals surface area contributed by atoms with Crippen molar-refractivity contribution in [3.05, 3.63) is 108 Å². The van der Waals surface area contributed by atoms with Gasteiger partial charge in [0.05, 0.1) is 24.8 Å². The number of nitrogens with one attached hydrogen (secondary N) is 1. The molecule has 2 aliphatic rings. The third kappa shape index (κ3) is 5.96. The molecule has 0 saturated carbocycles. The molecule has 4 aromatic rings. The van der Waals surface area contributed by atoms with Gasteiger partial charge in [-0.2, -0.15) is 0 Å². The van der Waals surface area contributed by atoms with E-state index in [2.05, 4.69) is 4.98 Å². The van der Waals surface area contributed by atoms with Crippen LogP contribution in [-0.2, 0) is 22.7 Å². The third-order valence-corrected chi connectivity index (χ3v) is 7.59. The monoisotopic (exact) mass is 596 g/mol. The number of aryl methyl sites for hydroxylation is 1. The molecule has 1 unspecified atom stereocenters. The molecule has 10 heteroatoms. The smallest absolute Gasteiger partial charge is 0.295 e. The lowest BCUT2D eigenvalue weighted by atomic mass is 9.94. The van der Waals surface area contributed by atoms with Crippen molar-refractivity contribution in [3.8, 4) is 23.0 Å². The molecule has 1 aromatic heterocycles. The minimum Gasteiger partial charge on any atom is -0.507 e. The van der Waals surface area contributed by atoms with Crippen molar-refractivity contribution in [2.45, 2.75) is 32.5 Å². The summed E-state index contributed by atoms with van der Waals surface area (Å²) in [5, 5.41) is 11.6. The highest BCUT2D eigenvalue weighted by Gasteiger charge is 2.46. The number of amides is 1. The predicted octanol–water partition coefficient (Wildman–Crippen LogP) is 4.56. The van der Waals surface area contributed by atoms with Crippen molar-refractivity contribution in [3.63, 3.8) is 0 Å². The van der Waals surface area contributed by atoms with E-state index >= 15 is 0 Å². The second kappa shape index (κ2) is 12.9. The van der Waals surface area contributed by atoms with Crippen LogP contribution in [0.1, 0.15) is 36.1 Å². The molecule has 0 bridgehead atoms. The fourth-order valence-corrected chi connectivity index (χ4v) is 5.50. The SMILES string of the molecule is CCOc1cc(C2C(=C(O)c3ccc4c(c3)OCCO4)C(=O)C(=O)N2CCC[n+]2cc[nH]c2)ccc1OCc1ccccc1. The van der Waals surface area contributed by atoms with Crippen molar-refractivity contribution in [2.24, 2.45) is 0 Å². The van der Waals surface area contributed by atoms with Crippen LogP contribution >= 0.6 is 0 Å². The van der Waals surface area contributed by atoms with Crippen molar-refractivity contribution in [2.75, 3.05) is 26.4 Å². The van der Waals surface area contributed by atoms with Gasteiger partial charge < -0.3 is 29.0 Å². The van der Waals surface area contributed by atoms with Gasteiger partial charge in [0.15, 0.2) is 23.0 Å². The maximum absolute atomic E-state index is 13.6. The summed E-state index contributed by atoms with van der Waals surface area (Å²) >= 11 is 0. The molecule has 0 radical (unpaired) electrons. The number of ketones is 1. The van der Waals surface area contributed by atoms with Crippen LogP contribution in [0.2, 0.25) is 0 Å². The van der Waals surface area contributed by atoms with Crippen LogP contribution in [0.25, 0.3) is 5.76 Å². The Kier molecular flexibility index (Phi) is 8.49. The van der Waals surface area contributed by atoms with Crippen molar-refractivity contribution >= 4 is 17.4 Å². The van der Waals surface area contributed by atoms with Gasteiger partial charge in [0, 0.05) is 18.5 Å². The topological polar surface area (TPSA) is 114 Å². The number of aromatic amines is 1. The lowest BCUT2D eigenvalue weighted by molar-refractivity contribution is -0.695. The summed E-state index contributed by atoms with van der Waals surface area (Å²) in [6.07, 6.45) is 6.13. The van der Waals surface area contributed by atoms with Crippen LogP contribution in [0, 0.1) is 0 Å². The highest BCUT2D eigenvalue weighted by atomic mass is 16.6. The molecule has 1 fully saturated rings. The fraction of sp³-hybridized carbons (Fsp3) is 0.265. The van der Waals surface area contributed by atoms with Crippen LogP contribution in [0.3, 0.4) is 0 Å². The van der Waals surface area contributed by atoms with E-state index < -0.39 is 17.7 Å².